The fourth-order valence-corrected chi connectivity index (χ4v) is 1.55. The molecule has 0 radical (unpaired) electrons. The van der Waals surface area contributed by atoms with E-state index in [9.17, 15) is 0 Å². The van der Waals surface area contributed by atoms with Crippen molar-refractivity contribution >= 4 is 0 Å². The Balaban J connectivity index is 2.37. The first-order chi connectivity index (χ1) is 6.77. The van der Waals surface area contributed by atoms with Crippen molar-refractivity contribution in [2.24, 2.45) is 11.7 Å². The molecule has 1 atom stereocenters. The van der Waals surface area contributed by atoms with E-state index in [1.165, 1.54) is 0 Å². The van der Waals surface area contributed by atoms with Crippen molar-refractivity contribution in [1.29, 1.82) is 0 Å². The van der Waals surface area contributed by atoms with Crippen LogP contribution in [0.25, 0.3) is 0 Å². The van der Waals surface area contributed by atoms with Gasteiger partial charge >= 0.3 is 0 Å². The van der Waals surface area contributed by atoms with Gasteiger partial charge in [0.05, 0.1) is 0 Å². The number of hydrogen-bond acceptors (Lipinski definition) is 3. The van der Waals surface area contributed by atoms with Gasteiger partial charge in [-0.2, -0.15) is 5.10 Å². The molecule has 0 aliphatic carbocycles. The first-order valence-electron chi connectivity index (χ1n) is 5.34. The maximum Gasteiger partial charge on any atom is 0.138 e. The van der Waals surface area contributed by atoms with Crippen molar-refractivity contribution in [1.82, 2.24) is 14.8 Å². The molecule has 14 heavy (non-hydrogen) atoms. The van der Waals surface area contributed by atoms with Crippen molar-refractivity contribution in [2.75, 3.05) is 6.54 Å². The van der Waals surface area contributed by atoms with Gasteiger partial charge in [0.15, 0.2) is 0 Å². The number of hydrogen-bond donors (Lipinski definition) is 1. The summed E-state index contributed by atoms with van der Waals surface area (Å²) in [5.74, 6) is 1.78. The summed E-state index contributed by atoms with van der Waals surface area (Å²) in [5.41, 5.74) is 5.50. The Kier molecular flexibility index (Phi) is 4.59. The van der Waals surface area contributed by atoms with Gasteiger partial charge in [-0.25, -0.2) is 4.98 Å². The van der Waals surface area contributed by atoms with E-state index >= 15 is 0 Å². The Labute approximate surface area is 85.5 Å². The van der Waals surface area contributed by atoms with Crippen LogP contribution in [0.4, 0.5) is 0 Å². The predicted molar refractivity (Wildman–Crippen MR) is 56.9 cm³/mol. The van der Waals surface area contributed by atoms with Crippen LogP contribution in [0.3, 0.4) is 0 Å². The maximum absolute atomic E-state index is 5.50. The molecule has 0 aliphatic heterocycles. The highest BCUT2D eigenvalue weighted by Crippen LogP contribution is 2.10. The van der Waals surface area contributed by atoms with E-state index in [2.05, 4.69) is 23.9 Å². The highest BCUT2D eigenvalue weighted by Gasteiger charge is 2.05. The number of nitrogens with zero attached hydrogens (tertiary/aromatic N) is 3. The lowest BCUT2D eigenvalue weighted by Crippen LogP contribution is -2.09. The largest absolute Gasteiger partial charge is 0.330 e. The molecule has 0 amide bonds. The molecular weight excluding hydrogens is 176 g/mol. The Morgan fingerprint density at radius 2 is 2.29 bits per heavy atom. The number of aromatic nitrogens is 3. The van der Waals surface area contributed by atoms with Gasteiger partial charge in [0.2, 0.25) is 0 Å². The zero-order valence-corrected chi connectivity index (χ0v) is 9.11. The summed E-state index contributed by atoms with van der Waals surface area (Å²) >= 11 is 0. The number of aryl methyl sites for hydroxylation is 2. The Bertz CT molecular complexity index is 256. The molecule has 2 N–H and O–H groups in total. The summed E-state index contributed by atoms with van der Waals surface area (Å²) < 4.78 is 1.95. The Hall–Kier alpha value is -0.900. The topological polar surface area (TPSA) is 56.7 Å². The molecule has 0 saturated carbocycles. The van der Waals surface area contributed by atoms with Crippen LogP contribution < -0.4 is 5.73 Å². The lowest BCUT2D eigenvalue weighted by Gasteiger charge is -2.09. The lowest BCUT2D eigenvalue weighted by molar-refractivity contribution is 0.481. The quantitative estimate of drug-likeness (QED) is 0.744. The van der Waals surface area contributed by atoms with Gasteiger partial charge in [-0.15, -0.1) is 0 Å². The number of nitrogens with two attached hydrogens (primary N) is 1. The molecule has 0 saturated heterocycles. The second-order valence-electron chi connectivity index (χ2n) is 3.71. The average Bonchev–Trinajstić information content (AvgIpc) is 2.62. The van der Waals surface area contributed by atoms with Crippen molar-refractivity contribution in [3.05, 3.63) is 12.2 Å². The van der Waals surface area contributed by atoms with Crippen LogP contribution in [0.1, 0.15) is 32.5 Å². The van der Waals surface area contributed by atoms with Crippen LogP contribution in [0, 0.1) is 5.92 Å². The van der Waals surface area contributed by atoms with E-state index in [0.717, 1.165) is 38.2 Å². The Morgan fingerprint density at radius 3 is 2.93 bits per heavy atom. The molecule has 1 heterocycles. The zero-order chi connectivity index (χ0) is 10.4. The summed E-state index contributed by atoms with van der Waals surface area (Å²) in [7, 11) is 0. The van der Waals surface area contributed by atoms with Gasteiger partial charge in [0.1, 0.15) is 12.2 Å². The van der Waals surface area contributed by atoms with E-state index in [1.54, 1.807) is 6.33 Å². The minimum absolute atomic E-state index is 0.682. The van der Waals surface area contributed by atoms with Crippen molar-refractivity contribution in [3.63, 3.8) is 0 Å². The van der Waals surface area contributed by atoms with Gasteiger partial charge in [-0.3, -0.25) is 4.68 Å². The van der Waals surface area contributed by atoms with E-state index in [-0.39, 0.29) is 0 Å². The molecule has 1 aromatic heterocycles. The van der Waals surface area contributed by atoms with Gasteiger partial charge in [0, 0.05) is 13.0 Å². The summed E-state index contributed by atoms with van der Waals surface area (Å²) in [5, 5.41) is 4.14. The van der Waals surface area contributed by atoms with Crippen molar-refractivity contribution in [3.8, 4) is 0 Å². The second-order valence-corrected chi connectivity index (χ2v) is 3.71. The molecule has 0 aromatic carbocycles. The molecule has 1 unspecified atom stereocenters. The molecule has 0 aliphatic rings. The van der Waals surface area contributed by atoms with Crippen LogP contribution in [0.2, 0.25) is 0 Å². The van der Waals surface area contributed by atoms with Gasteiger partial charge in [0.25, 0.3) is 0 Å². The smallest absolute Gasteiger partial charge is 0.138 e. The number of rotatable bonds is 6. The van der Waals surface area contributed by atoms with E-state index in [4.69, 9.17) is 5.73 Å². The molecule has 0 bridgehead atoms. The molecule has 80 valence electrons. The molecule has 0 fully saturated rings. The van der Waals surface area contributed by atoms with Crippen LogP contribution in [-0.4, -0.2) is 21.3 Å². The highest BCUT2D eigenvalue weighted by molar-refractivity contribution is 4.84. The van der Waals surface area contributed by atoms with Gasteiger partial charge < -0.3 is 5.73 Å². The van der Waals surface area contributed by atoms with Crippen molar-refractivity contribution < 1.29 is 0 Å². The van der Waals surface area contributed by atoms with Crippen LogP contribution >= 0.6 is 0 Å². The average molecular weight is 196 g/mol. The second kappa shape index (κ2) is 5.75. The lowest BCUT2D eigenvalue weighted by atomic mass is 10.0. The third kappa shape index (κ3) is 3.10. The monoisotopic (exact) mass is 196 g/mol. The molecule has 0 spiro atoms. The van der Waals surface area contributed by atoms with Gasteiger partial charge in [-0.1, -0.05) is 6.92 Å². The van der Waals surface area contributed by atoms with E-state index in [0.29, 0.717) is 5.92 Å². The first-order valence-corrected chi connectivity index (χ1v) is 5.34. The molecule has 1 rings (SSSR count). The Morgan fingerprint density at radius 1 is 1.50 bits per heavy atom. The third-order valence-corrected chi connectivity index (χ3v) is 2.52. The summed E-state index contributed by atoms with van der Waals surface area (Å²) in [4.78, 5) is 4.24. The SMILES string of the molecule is CCn1ncnc1CCC(C)CCN. The molecular formula is C10H20N4. The standard InChI is InChI=1S/C10H20N4/c1-3-14-10(12-8-13-14)5-4-9(2)6-7-11/h8-9H,3-7,11H2,1-2H3. The fourth-order valence-electron chi connectivity index (χ4n) is 1.55. The van der Waals surface area contributed by atoms with Crippen molar-refractivity contribution in [2.45, 2.75) is 39.7 Å². The van der Waals surface area contributed by atoms with Crippen LogP contribution in [-0.2, 0) is 13.0 Å². The highest BCUT2D eigenvalue weighted by atomic mass is 15.3. The van der Waals surface area contributed by atoms with E-state index < -0.39 is 0 Å². The summed E-state index contributed by atoms with van der Waals surface area (Å²) in [6.07, 6.45) is 4.89. The molecule has 4 nitrogen and oxygen atoms in total. The first kappa shape index (κ1) is 11.2. The molecule has 4 heteroatoms. The molecule has 1 aromatic rings. The van der Waals surface area contributed by atoms with Crippen LogP contribution in [0.5, 0.6) is 0 Å². The zero-order valence-electron chi connectivity index (χ0n) is 9.11. The minimum atomic E-state index is 0.682. The third-order valence-electron chi connectivity index (χ3n) is 2.52. The summed E-state index contributed by atoms with van der Waals surface area (Å²) in [6.45, 7) is 6.00. The summed E-state index contributed by atoms with van der Waals surface area (Å²) in [6, 6.07) is 0. The van der Waals surface area contributed by atoms with Crippen LogP contribution in [0.15, 0.2) is 6.33 Å². The van der Waals surface area contributed by atoms with Gasteiger partial charge in [-0.05, 0) is 32.2 Å². The predicted octanol–water partition coefficient (Wildman–Crippen LogP) is 1.22. The minimum Gasteiger partial charge on any atom is -0.330 e. The normalized spacial score (nSPS) is 13.1. The fraction of sp³-hybridized carbons (Fsp3) is 0.800. The maximum atomic E-state index is 5.50. The van der Waals surface area contributed by atoms with E-state index in [1.807, 2.05) is 4.68 Å².